The van der Waals surface area contributed by atoms with Gasteiger partial charge in [-0.25, -0.2) is 0 Å². The van der Waals surface area contributed by atoms with Crippen LogP contribution in [0.2, 0.25) is 0 Å². The average Bonchev–Trinajstić information content (AvgIpc) is 3.47. The molecule has 0 aliphatic rings. The normalized spacial score (nSPS) is 13.0. The Morgan fingerprint density at radius 3 is 0.817 bits per heavy atom. The van der Waals surface area contributed by atoms with Gasteiger partial charge in [0.1, 0.15) is 13.2 Å². The number of hydrogen-bond donors (Lipinski definition) is 0. The first-order chi connectivity index (χ1) is 40.5. The molecular weight excluding hydrogens is 1010 g/mol. The Hall–Kier alpha value is -4.45. The van der Waals surface area contributed by atoms with Crippen LogP contribution in [-0.4, -0.2) is 37.2 Å². The first-order valence-corrected chi connectivity index (χ1v) is 34.2. The number of ether oxygens (including phenoxy) is 3. The van der Waals surface area contributed by atoms with Crippen LogP contribution in [-0.2, 0) is 28.6 Å². The molecule has 0 N–H and O–H groups in total. The SMILES string of the molecule is CC/C=C\C/C=C\C/C=C\C/C=C\C/C=C\C/C=C\C/C=C\CCCC(=O)OC(COC(=O)CCCCCCC/C=C\CCCCC)COC(=O)CCCCCCCCCCCCCCCC/C=C\C/C=C\C/C=C\CCCCCCC. The van der Waals surface area contributed by atoms with E-state index < -0.39 is 6.10 Å². The van der Waals surface area contributed by atoms with Gasteiger partial charge in [-0.05, 0) is 135 Å². The van der Waals surface area contributed by atoms with Crippen LogP contribution in [0.4, 0.5) is 0 Å². The summed E-state index contributed by atoms with van der Waals surface area (Å²) >= 11 is 0. The number of carbonyl (C=O) groups is 3. The lowest BCUT2D eigenvalue weighted by Gasteiger charge is -2.18. The maximum Gasteiger partial charge on any atom is 0.306 e. The van der Waals surface area contributed by atoms with Crippen LogP contribution in [0.5, 0.6) is 0 Å². The maximum atomic E-state index is 12.9. The molecule has 0 fully saturated rings. The van der Waals surface area contributed by atoms with Crippen LogP contribution in [0.1, 0.15) is 310 Å². The molecule has 6 nitrogen and oxygen atoms in total. The molecule has 0 radical (unpaired) electrons. The zero-order chi connectivity index (χ0) is 59.2. The third kappa shape index (κ3) is 66.4. The molecule has 0 aromatic heterocycles. The van der Waals surface area contributed by atoms with Crippen LogP contribution in [0.15, 0.2) is 134 Å². The minimum atomic E-state index is -0.818. The Labute approximate surface area is 506 Å². The van der Waals surface area contributed by atoms with Gasteiger partial charge in [0.25, 0.3) is 0 Å². The summed E-state index contributed by atoms with van der Waals surface area (Å²) in [6, 6.07) is 0. The number of rotatable bonds is 61. The largest absolute Gasteiger partial charge is 0.462 e. The molecule has 0 bridgehead atoms. The van der Waals surface area contributed by atoms with E-state index in [-0.39, 0.29) is 37.5 Å². The Kier molecular flexibility index (Phi) is 65.3. The van der Waals surface area contributed by atoms with Gasteiger partial charge in [-0.3, -0.25) is 14.4 Å². The lowest BCUT2D eigenvalue weighted by atomic mass is 10.0. The molecule has 0 saturated carbocycles. The van der Waals surface area contributed by atoms with Crippen LogP contribution < -0.4 is 0 Å². The van der Waals surface area contributed by atoms with Gasteiger partial charge in [-0.1, -0.05) is 289 Å². The molecule has 0 aromatic rings. The van der Waals surface area contributed by atoms with Crippen LogP contribution in [0.25, 0.3) is 0 Å². The third-order valence-corrected chi connectivity index (χ3v) is 14.4. The molecule has 0 aliphatic carbocycles. The van der Waals surface area contributed by atoms with Gasteiger partial charge in [-0.2, -0.15) is 0 Å². The van der Waals surface area contributed by atoms with Crippen LogP contribution in [0.3, 0.4) is 0 Å². The number of esters is 3. The molecule has 0 aromatic carbocycles. The smallest absolute Gasteiger partial charge is 0.306 e. The standard InChI is InChI=1S/C76H126O6/c1-4-7-10-13-16-19-22-25-27-29-31-33-35-36-37-38-39-40-42-43-45-47-49-51-54-57-60-63-66-69-75(78)81-72-73(71-80-74(77)68-65-62-59-56-53-24-21-18-15-12-9-6-3)82-76(79)70-67-64-61-58-55-52-50-48-46-44-41-34-32-30-28-26-23-20-17-14-11-8-5-2/h8,11,17-18,20-22,25-26,28-29,31-32,34-36,44,46,50,52,58,61,73H,4-7,9-10,12-16,19,23-24,27,30,33,37-43,45,47-49,51,53-57,59-60,62-72H2,1-3H3/b11-8-,20-17-,21-18-,25-22-,28-26-,31-29-,34-32-,36-35-,46-44-,52-50-,61-58-. The van der Waals surface area contributed by atoms with E-state index in [2.05, 4.69) is 154 Å². The second kappa shape index (κ2) is 69.0. The van der Waals surface area contributed by atoms with Gasteiger partial charge >= 0.3 is 17.9 Å². The van der Waals surface area contributed by atoms with Crippen molar-refractivity contribution in [1.29, 1.82) is 0 Å². The molecule has 82 heavy (non-hydrogen) atoms. The first kappa shape index (κ1) is 77.5. The van der Waals surface area contributed by atoms with Gasteiger partial charge in [0.15, 0.2) is 6.10 Å². The van der Waals surface area contributed by atoms with Crippen molar-refractivity contribution in [2.45, 2.75) is 316 Å². The highest BCUT2D eigenvalue weighted by Gasteiger charge is 2.19. The second-order valence-corrected chi connectivity index (χ2v) is 22.3. The topological polar surface area (TPSA) is 78.9 Å². The molecular formula is C76H126O6. The summed E-state index contributed by atoms with van der Waals surface area (Å²) in [7, 11) is 0. The fraction of sp³-hybridized carbons (Fsp3) is 0.671. The Morgan fingerprint density at radius 2 is 0.488 bits per heavy atom. The van der Waals surface area contributed by atoms with E-state index in [1.54, 1.807) is 0 Å². The summed E-state index contributed by atoms with van der Waals surface area (Å²) in [6.07, 6.45) is 97.7. The maximum absolute atomic E-state index is 12.9. The molecule has 0 heterocycles. The summed E-state index contributed by atoms with van der Waals surface area (Å²) < 4.78 is 16.9. The lowest BCUT2D eigenvalue weighted by molar-refractivity contribution is -0.167. The molecule has 1 unspecified atom stereocenters. The van der Waals surface area contributed by atoms with Crippen molar-refractivity contribution in [2.24, 2.45) is 0 Å². The highest BCUT2D eigenvalue weighted by molar-refractivity contribution is 5.71. The number of carbonyl (C=O) groups excluding carboxylic acids is 3. The average molecular weight is 1140 g/mol. The molecule has 0 amide bonds. The van der Waals surface area contributed by atoms with E-state index in [1.165, 1.54) is 148 Å². The Bertz CT molecular complexity index is 1730. The highest BCUT2D eigenvalue weighted by atomic mass is 16.6. The molecule has 1 atom stereocenters. The van der Waals surface area contributed by atoms with Crippen molar-refractivity contribution >= 4 is 17.9 Å². The molecule has 0 saturated heterocycles. The summed E-state index contributed by atoms with van der Waals surface area (Å²) in [6.45, 7) is 6.45. The first-order valence-electron chi connectivity index (χ1n) is 34.2. The third-order valence-electron chi connectivity index (χ3n) is 14.4. The second-order valence-electron chi connectivity index (χ2n) is 22.3. The summed E-state index contributed by atoms with van der Waals surface area (Å²) in [5.41, 5.74) is 0. The number of allylic oxidation sites excluding steroid dienone is 22. The van der Waals surface area contributed by atoms with E-state index in [0.29, 0.717) is 19.3 Å². The van der Waals surface area contributed by atoms with Crippen molar-refractivity contribution in [3.63, 3.8) is 0 Å². The van der Waals surface area contributed by atoms with Crippen molar-refractivity contribution in [2.75, 3.05) is 13.2 Å². The van der Waals surface area contributed by atoms with Crippen molar-refractivity contribution in [1.82, 2.24) is 0 Å². The monoisotopic (exact) mass is 1130 g/mol. The fourth-order valence-electron chi connectivity index (χ4n) is 9.26. The summed E-state index contributed by atoms with van der Waals surface area (Å²) in [5.74, 6) is -0.973. The summed E-state index contributed by atoms with van der Waals surface area (Å²) in [4.78, 5) is 38.3. The van der Waals surface area contributed by atoms with E-state index in [9.17, 15) is 14.4 Å². The minimum Gasteiger partial charge on any atom is -0.462 e. The van der Waals surface area contributed by atoms with E-state index >= 15 is 0 Å². The van der Waals surface area contributed by atoms with Crippen LogP contribution in [0, 0.1) is 0 Å². The Morgan fingerprint density at radius 1 is 0.256 bits per heavy atom. The van der Waals surface area contributed by atoms with Crippen LogP contribution >= 0.6 is 0 Å². The van der Waals surface area contributed by atoms with E-state index in [1.807, 2.05) is 0 Å². The van der Waals surface area contributed by atoms with Gasteiger partial charge in [0, 0.05) is 19.3 Å². The zero-order valence-corrected chi connectivity index (χ0v) is 53.5. The summed E-state index contributed by atoms with van der Waals surface area (Å²) in [5, 5.41) is 0. The molecule has 0 aliphatic heterocycles. The zero-order valence-electron chi connectivity index (χ0n) is 53.5. The van der Waals surface area contributed by atoms with E-state index in [4.69, 9.17) is 14.2 Å². The van der Waals surface area contributed by atoms with Gasteiger partial charge in [0.2, 0.25) is 0 Å². The number of hydrogen-bond acceptors (Lipinski definition) is 6. The van der Waals surface area contributed by atoms with Gasteiger partial charge in [0.05, 0.1) is 0 Å². The minimum absolute atomic E-state index is 0.106. The molecule has 0 spiro atoms. The predicted octanol–water partition coefficient (Wildman–Crippen LogP) is 23.7. The molecule has 0 rings (SSSR count). The van der Waals surface area contributed by atoms with Gasteiger partial charge in [-0.15, -0.1) is 0 Å². The van der Waals surface area contributed by atoms with Gasteiger partial charge < -0.3 is 14.2 Å². The molecule has 466 valence electrons. The molecule has 6 heteroatoms. The fourth-order valence-corrected chi connectivity index (χ4v) is 9.26. The van der Waals surface area contributed by atoms with Crippen molar-refractivity contribution < 1.29 is 28.6 Å². The van der Waals surface area contributed by atoms with E-state index in [0.717, 1.165) is 116 Å². The Balaban J connectivity index is 4.35. The predicted molar refractivity (Wildman–Crippen MR) is 357 cm³/mol. The lowest BCUT2D eigenvalue weighted by Crippen LogP contribution is -2.30. The highest BCUT2D eigenvalue weighted by Crippen LogP contribution is 2.16. The quantitative estimate of drug-likeness (QED) is 0.0261. The number of unbranched alkanes of at least 4 members (excludes halogenated alkanes) is 28. The van der Waals surface area contributed by atoms with Crippen molar-refractivity contribution in [3.8, 4) is 0 Å². The van der Waals surface area contributed by atoms with Crippen molar-refractivity contribution in [3.05, 3.63) is 134 Å².